The van der Waals surface area contributed by atoms with Gasteiger partial charge in [-0.25, -0.2) is 0 Å². The molecule has 1 aliphatic rings. The van der Waals surface area contributed by atoms with Crippen LogP contribution in [-0.4, -0.2) is 0 Å². The Hall–Kier alpha value is -4.50. The van der Waals surface area contributed by atoms with Gasteiger partial charge in [0.05, 0.1) is 0 Å². The number of benzene rings is 5. The van der Waals surface area contributed by atoms with Crippen molar-refractivity contribution < 1.29 is 14.2 Å². The second-order valence-corrected chi connectivity index (χ2v) is 14.2. The highest BCUT2D eigenvalue weighted by atomic mass is 16.5. The van der Waals surface area contributed by atoms with Gasteiger partial charge in [-0.3, -0.25) is 0 Å². The van der Waals surface area contributed by atoms with E-state index in [-0.39, 0.29) is 0 Å². The molecule has 0 amide bonds. The van der Waals surface area contributed by atoms with Crippen molar-refractivity contribution in [3.8, 4) is 34.5 Å². The van der Waals surface area contributed by atoms with Gasteiger partial charge in [0.25, 0.3) is 0 Å². The molecule has 0 radical (unpaired) electrons. The molecule has 49 heavy (non-hydrogen) atoms. The van der Waals surface area contributed by atoms with Crippen molar-refractivity contribution in [3.05, 3.63) is 142 Å². The molecule has 1 saturated carbocycles. The summed E-state index contributed by atoms with van der Waals surface area (Å²) in [5, 5.41) is 0. The lowest BCUT2D eigenvalue weighted by atomic mass is 9.60. The molecule has 0 aromatic heterocycles. The fourth-order valence-electron chi connectivity index (χ4n) is 5.86. The molecule has 1 aliphatic carbocycles. The quantitative estimate of drug-likeness (QED) is 0.182. The number of rotatable bonds is 6. The van der Waals surface area contributed by atoms with Crippen LogP contribution in [0.15, 0.2) is 97.1 Å². The summed E-state index contributed by atoms with van der Waals surface area (Å²) in [6.45, 7) is 26.2. The van der Waals surface area contributed by atoms with Gasteiger partial charge in [-0.2, -0.15) is 0 Å². The summed E-state index contributed by atoms with van der Waals surface area (Å²) in [5.41, 5.74) is 10.1. The summed E-state index contributed by atoms with van der Waals surface area (Å²) in [6.07, 6.45) is 0. The van der Waals surface area contributed by atoms with Crippen molar-refractivity contribution in [3.63, 3.8) is 0 Å². The Balaban J connectivity index is 0.000000187. The topological polar surface area (TPSA) is 27.7 Å². The fourth-order valence-corrected chi connectivity index (χ4v) is 5.86. The third kappa shape index (κ3) is 10.2. The maximum Gasteiger partial charge on any atom is 0.127 e. The van der Waals surface area contributed by atoms with Crippen LogP contribution in [0.25, 0.3) is 0 Å². The van der Waals surface area contributed by atoms with Gasteiger partial charge in [0.15, 0.2) is 0 Å². The second-order valence-electron chi connectivity index (χ2n) is 14.2. The first-order valence-electron chi connectivity index (χ1n) is 17.6. The first kappa shape index (κ1) is 37.3. The van der Waals surface area contributed by atoms with Crippen molar-refractivity contribution in [1.82, 2.24) is 0 Å². The van der Waals surface area contributed by atoms with E-state index in [0.717, 1.165) is 58.2 Å². The predicted molar refractivity (Wildman–Crippen MR) is 207 cm³/mol. The molecule has 0 unspecified atom stereocenters. The third-order valence-electron chi connectivity index (χ3n) is 10.8. The summed E-state index contributed by atoms with van der Waals surface area (Å²) >= 11 is 0. The number of aryl methyl sites for hydroxylation is 8. The van der Waals surface area contributed by atoms with Crippen molar-refractivity contribution in [2.45, 2.75) is 83.1 Å². The largest absolute Gasteiger partial charge is 0.457 e. The van der Waals surface area contributed by atoms with Crippen LogP contribution in [0.1, 0.15) is 72.2 Å². The molecule has 5 aromatic rings. The van der Waals surface area contributed by atoms with E-state index in [0.29, 0.717) is 0 Å². The molecule has 0 bridgehead atoms. The highest BCUT2D eigenvalue weighted by Gasteiger charge is 2.38. The molecule has 258 valence electrons. The van der Waals surface area contributed by atoms with Gasteiger partial charge in [-0.15, -0.1) is 0 Å². The predicted octanol–water partition coefficient (Wildman–Crippen LogP) is 13.8. The van der Waals surface area contributed by atoms with Gasteiger partial charge in [-0.05, 0) is 196 Å². The van der Waals surface area contributed by atoms with E-state index in [4.69, 9.17) is 14.2 Å². The van der Waals surface area contributed by atoms with E-state index >= 15 is 0 Å². The van der Waals surface area contributed by atoms with E-state index < -0.39 is 0 Å². The zero-order valence-corrected chi connectivity index (χ0v) is 31.8. The Kier molecular flexibility index (Phi) is 12.8. The molecule has 0 saturated heterocycles. The highest BCUT2D eigenvalue weighted by molar-refractivity contribution is 5.42. The minimum absolute atomic E-state index is 0.797. The molecule has 1 fully saturated rings. The molecule has 3 nitrogen and oxygen atoms in total. The fraction of sp³-hybridized carbons (Fsp3) is 0.348. The van der Waals surface area contributed by atoms with Gasteiger partial charge < -0.3 is 14.2 Å². The SMILES string of the molecule is CC1C(C)C(C)C1C.Cc1ccc(Oc2ccc(C)c(C)c2)cc1C.Cc1ccc(Oc2ccc(Oc3ccc(C)c(C)c3)cc2)cc1C. The minimum atomic E-state index is 0.797. The van der Waals surface area contributed by atoms with Crippen LogP contribution in [-0.2, 0) is 0 Å². The zero-order valence-electron chi connectivity index (χ0n) is 31.8. The summed E-state index contributed by atoms with van der Waals surface area (Å²) in [5.74, 6) is 9.00. The standard InChI is InChI=1S/C22H22O2.C16H18O.C8H16/c1-15-5-7-21(13-17(15)3)23-19-9-11-20(12-10-19)24-22-8-6-16(2)18(4)14-22;1-11-5-7-15(9-13(11)3)17-16-8-6-12(2)14(4)10-16;1-5-6(2)8(4)7(5)3/h5-14H,1-4H3;5-10H,1-4H3;5-8H,1-4H3. The normalized spacial score (nSPS) is 17.8. The minimum Gasteiger partial charge on any atom is -0.457 e. The van der Waals surface area contributed by atoms with E-state index in [9.17, 15) is 0 Å². The van der Waals surface area contributed by atoms with Gasteiger partial charge in [-0.1, -0.05) is 52.0 Å². The summed E-state index contributed by atoms with van der Waals surface area (Å²) in [7, 11) is 0. The summed E-state index contributed by atoms with van der Waals surface area (Å²) in [4.78, 5) is 0. The lowest BCUT2D eigenvalue weighted by Crippen LogP contribution is -2.39. The first-order valence-corrected chi connectivity index (χ1v) is 17.6. The highest BCUT2D eigenvalue weighted by Crippen LogP contribution is 2.44. The second kappa shape index (κ2) is 16.7. The average molecular weight is 657 g/mol. The zero-order chi connectivity index (χ0) is 35.8. The van der Waals surface area contributed by atoms with E-state index in [1.807, 2.05) is 48.5 Å². The van der Waals surface area contributed by atoms with Crippen molar-refractivity contribution in [2.24, 2.45) is 23.7 Å². The van der Waals surface area contributed by atoms with Crippen LogP contribution in [0.3, 0.4) is 0 Å². The van der Waals surface area contributed by atoms with Gasteiger partial charge in [0.2, 0.25) is 0 Å². The van der Waals surface area contributed by atoms with E-state index in [1.165, 1.54) is 44.5 Å². The molecule has 6 rings (SSSR count). The van der Waals surface area contributed by atoms with E-state index in [2.05, 4.69) is 132 Å². The Bertz CT molecular complexity index is 1680. The van der Waals surface area contributed by atoms with E-state index in [1.54, 1.807) is 0 Å². The van der Waals surface area contributed by atoms with Crippen LogP contribution >= 0.6 is 0 Å². The van der Waals surface area contributed by atoms with Gasteiger partial charge in [0, 0.05) is 0 Å². The van der Waals surface area contributed by atoms with Crippen molar-refractivity contribution >= 4 is 0 Å². The number of ether oxygens (including phenoxy) is 3. The molecule has 0 N–H and O–H groups in total. The average Bonchev–Trinajstić information content (AvgIpc) is 3.08. The van der Waals surface area contributed by atoms with Gasteiger partial charge in [0.1, 0.15) is 34.5 Å². The molecule has 0 heterocycles. The van der Waals surface area contributed by atoms with Crippen LogP contribution in [0.2, 0.25) is 0 Å². The summed E-state index contributed by atoms with van der Waals surface area (Å²) < 4.78 is 17.6. The van der Waals surface area contributed by atoms with Crippen LogP contribution < -0.4 is 14.2 Å². The lowest BCUT2D eigenvalue weighted by molar-refractivity contribution is 0.0302. The Morgan fingerprint density at radius 2 is 0.449 bits per heavy atom. The molecular weight excluding hydrogens is 601 g/mol. The van der Waals surface area contributed by atoms with Crippen LogP contribution in [0, 0.1) is 79.1 Å². The summed E-state index contributed by atoms with van der Waals surface area (Å²) in [6, 6.07) is 32.3. The smallest absolute Gasteiger partial charge is 0.127 e. The van der Waals surface area contributed by atoms with Crippen molar-refractivity contribution in [1.29, 1.82) is 0 Å². The van der Waals surface area contributed by atoms with Crippen LogP contribution in [0.4, 0.5) is 0 Å². The number of hydrogen-bond acceptors (Lipinski definition) is 3. The molecule has 0 aliphatic heterocycles. The van der Waals surface area contributed by atoms with Crippen LogP contribution in [0.5, 0.6) is 34.5 Å². The monoisotopic (exact) mass is 656 g/mol. The number of hydrogen-bond donors (Lipinski definition) is 0. The Morgan fingerprint density at radius 1 is 0.265 bits per heavy atom. The Morgan fingerprint density at radius 3 is 0.653 bits per heavy atom. The molecule has 5 aromatic carbocycles. The molecule has 3 heteroatoms. The third-order valence-corrected chi connectivity index (χ3v) is 10.8. The first-order chi connectivity index (χ1) is 23.2. The van der Waals surface area contributed by atoms with Gasteiger partial charge >= 0.3 is 0 Å². The molecule has 0 spiro atoms. The molecule has 0 atom stereocenters. The van der Waals surface area contributed by atoms with Crippen molar-refractivity contribution in [2.75, 3.05) is 0 Å². The Labute approximate surface area is 296 Å². The lowest BCUT2D eigenvalue weighted by Gasteiger charge is -2.45. The molecular formula is C46H56O3. The maximum absolute atomic E-state index is 5.90. The maximum atomic E-state index is 5.90.